The molecule has 3 amide bonds. The fourth-order valence-electron chi connectivity index (χ4n) is 2.17. The average molecular weight is 333 g/mol. The molecule has 0 saturated heterocycles. The van der Waals surface area contributed by atoms with Gasteiger partial charge in [-0.1, -0.05) is 0 Å². The highest BCUT2D eigenvalue weighted by atomic mass is 16.4. The fraction of sp³-hybridized carbons (Fsp3) is 0.200. The van der Waals surface area contributed by atoms with E-state index in [0.29, 0.717) is 0 Å². The summed E-state index contributed by atoms with van der Waals surface area (Å²) in [5, 5.41) is 23.2. The van der Waals surface area contributed by atoms with Gasteiger partial charge in [-0.15, -0.1) is 0 Å². The SMILES string of the molecule is CC(=O)Nc1ccc(NC2=CC(=O)N(CCO)C2=O)c(C(=O)O)c1. The first-order valence-corrected chi connectivity index (χ1v) is 6.94. The fourth-order valence-corrected chi connectivity index (χ4v) is 2.17. The Balaban J connectivity index is 2.28. The summed E-state index contributed by atoms with van der Waals surface area (Å²) in [6.45, 7) is 0.771. The second-order valence-electron chi connectivity index (χ2n) is 4.95. The van der Waals surface area contributed by atoms with Crippen LogP contribution in [0.15, 0.2) is 30.0 Å². The number of aliphatic hydroxyl groups excluding tert-OH is 1. The first-order chi connectivity index (χ1) is 11.3. The van der Waals surface area contributed by atoms with Crippen LogP contribution in [-0.2, 0) is 14.4 Å². The van der Waals surface area contributed by atoms with Gasteiger partial charge in [-0.05, 0) is 18.2 Å². The largest absolute Gasteiger partial charge is 0.478 e. The summed E-state index contributed by atoms with van der Waals surface area (Å²) in [5.41, 5.74) is 0.108. The van der Waals surface area contributed by atoms with Crippen molar-refractivity contribution in [2.24, 2.45) is 0 Å². The minimum absolute atomic E-state index is 0.0925. The lowest BCUT2D eigenvalue weighted by molar-refractivity contribution is -0.137. The molecule has 0 saturated carbocycles. The number of anilines is 2. The molecule has 1 aliphatic heterocycles. The van der Waals surface area contributed by atoms with E-state index < -0.39 is 17.8 Å². The van der Waals surface area contributed by atoms with Crippen LogP contribution in [0.4, 0.5) is 11.4 Å². The van der Waals surface area contributed by atoms with Crippen LogP contribution in [0.25, 0.3) is 0 Å². The third-order valence-corrected chi connectivity index (χ3v) is 3.17. The van der Waals surface area contributed by atoms with E-state index in [2.05, 4.69) is 10.6 Å². The molecule has 0 fully saturated rings. The molecule has 4 N–H and O–H groups in total. The van der Waals surface area contributed by atoms with Crippen LogP contribution < -0.4 is 10.6 Å². The van der Waals surface area contributed by atoms with Gasteiger partial charge in [-0.3, -0.25) is 19.3 Å². The topological polar surface area (TPSA) is 136 Å². The quantitative estimate of drug-likeness (QED) is 0.538. The Hall–Kier alpha value is -3.20. The van der Waals surface area contributed by atoms with Crippen molar-refractivity contribution >= 4 is 35.1 Å². The molecule has 0 bridgehead atoms. The van der Waals surface area contributed by atoms with E-state index in [1.165, 1.54) is 25.1 Å². The van der Waals surface area contributed by atoms with E-state index in [4.69, 9.17) is 5.11 Å². The minimum atomic E-state index is -1.27. The van der Waals surface area contributed by atoms with Crippen molar-refractivity contribution in [1.82, 2.24) is 4.90 Å². The average Bonchev–Trinajstić information content (AvgIpc) is 2.76. The van der Waals surface area contributed by atoms with Gasteiger partial charge in [0, 0.05) is 18.7 Å². The number of carbonyl (C=O) groups is 4. The van der Waals surface area contributed by atoms with E-state index in [-0.39, 0.29) is 41.7 Å². The number of β-amino-alcohol motifs (C(OH)–C–C–N with tert-alkyl or cyclic N) is 1. The number of aliphatic hydroxyl groups is 1. The first-order valence-electron chi connectivity index (χ1n) is 6.94. The Kier molecular flexibility index (Phi) is 4.95. The Morgan fingerprint density at radius 2 is 1.96 bits per heavy atom. The van der Waals surface area contributed by atoms with Crippen molar-refractivity contribution in [1.29, 1.82) is 0 Å². The molecule has 0 atom stereocenters. The normalized spacial score (nSPS) is 13.8. The molecule has 0 radical (unpaired) electrons. The van der Waals surface area contributed by atoms with Gasteiger partial charge in [0.25, 0.3) is 11.8 Å². The summed E-state index contributed by atoms with van der Waals surface area (Å²) >= 11 is 0. The van der Waals surface area contributed by atoms with Crippen molar-refractivity contribution in [3.63, 3.8) is 0 Å². The molecule has 0 spiro atoms. The van der Waals surface area contributed by atoms with Crippen LogP contribution in [0, 0.1) is 0 Å². The second-order valence-corrected chi connectivity index (χ2v) is 4.95. The molecule has 1 heterocycles. The van der Waals surface area contributed by atoms with Gasteiger partial charge in [0.1, 0.15) is 5.70 Å². The highest BCUT2D eigenvalue weighted by Crippen LogP contribution is 2.24. The van der Waals surface area contributed by atoms with Gasteiger partial charge >= 0.3 is 5.97 Å². The Morgan fingerprint density at radius 1 is 1.25 bits per heavy atom. The number of hydrogen-bond acceptors (Lipinski definition) is 6. The number of aromatic carboxylic acids is 1. The lowest BCUT2D eigenvalue weighted by atomic mass is 10.1. The number of benzene rings is 1. The summed E-state index contributed by atoms with van der Waals surface area (Å²) in [6, 6.07) is 4.07. The highest BCUT2D eigenvalue weighted by molar-refractivity contribution is 6.17. The Bertz CT molecular complexity index is 756. The summed E-state index contributed by atoms with van der Waals surface area (Å²) < 4.78 is 0. The van der Waals surface area contributed by atoms with Gasteiger partial charge in [0.2, 0.25) is 5.91 Å². The number of carboxylic acids is 1. The molecule has 1 aromatic carbocycles. The molecule has 0 aliphatic carbocycles. The zero-order valence-electron chi connectivity index (χ0n) is 12.7. The van der Waals surface area contributed by atoms with E-state index in [0.717, 1.165) is 11.0 Å². The van der Waals surface area contributed by atoms with Gasteiger partial charge in [-0.25, -0.2) is 4.79 Å². The molecular formula is C15H15N3O6. The van der Waals surface area contributed by atoms with Crippen LogP contribution in [0.2, 0.25) is 0 Å². The highest BCUT2D eigenvalue weighted by Gasteiger charge is 2.31. The van der Waals surface area contributed by atoms with Crippen molar-refractivity contribution in [2.45, 2.75) is 6.92 Å². The Morgan fingerprint density at radius 3 is 2.54 bits per heavy atom. The van der Waals surface area contributed by atoms with Crippen molar-refractivity contribution in [3.05, 3.63) is 35.5 Å². The lowest BCUT2D eigenvalue weighted by Crippen LogP contribution is -2.34. The summed E-state index contributed by atoms with van der Waals surface area (Å²) in [4.78, 5) is 47.0. The van der Waals surface area contributed by atoms with Crippen molar-refractivity contribution in [3.8, 4) is 0 Å². The van der Waals surface area contributed by atoms with Crippen LogP contribution in [0.1, 0.15) is 17.3 Å². The van der Waals surface area contributed by atoms with E-state index >= 15 is 0 Å². The van der Waals surface area contributed by atoms with Crippen molar-refractivity contribution in [2.75, 3.05) is 23.8 Å². The lowest BCUT2D eigenvalue weighted by Gasteiger charge is -2.14. The monoisotopic (exact) mass is 333 g/mol. The Labute approximate surface area is 136 Å². The molecule has 24 heavy (non-hydrogen) atoms. The van der Waals surface area contributed by atoms with E-state index in [1.54, 1.807) is 0 Å². The van der Waals surface area contributed by atoms with E-state index in [1.807, 2.05) is 0 Å². The van der Waals surface area contributed by atoms with Gasteiger partial charge in [-0.2, -0.15) is 0 Å². The number of rotatable bonds is 6. The summed E-state index contributed by atoms with van der Waals surface area (Å²) in [7, 11) is 0. The van der Waals surface area contributed by atoms with Crippen LogP contribution in [0.3, 0.4) is 0 Å². The standard InChI is InChI=1S/C15H15N3O6/c1-8(20)16-9-2-3-11(10(6-9)15(23)24)17-12-7-13(21)18(4-5-19)14(12)22/h2-3,6-7,17,19H,4-5H2,1H3,(H,16,20)(H,23,24). The number of carboxylic acid groups (broad SMARTS) is 1. The number of hydrogen-bond donors (Lipinski definition) is 4. The van der Waals surface area contributed by atoms with Crippen LogP contribution >= 0.6 is 0 Å². The third kappa shape index (κ3) is 3.58. The first kappa shape index (κ1) is 17.2. The number of carbonyl (C=O) groups excluding carboxylic acids is 3. The van der Waals surface area contributed by atoms with E-state index in [9.17, 15) is 24.3 Å². The molecule has 0 aromatic heterocycles. The van der Waals surface area contributed by atoms with Crippen molar-refractivity contribution < 1.29 is 29.4 Å². The number of amides is 3. The number of nitrogens with one attached hydrogen (secondary N) is 2. The predicted molar refractivity (Wildman–Crippen MR) is 83.2 cm³/mol. The van der Waals surface area contributed by atoms with Gasteiger partial charge in [0.15, 0.2) is 0 Å². The third-order valence-electron chi connectivity index (χ3n) is 3.17. The zero-order chi connectivity index (χ0) is 17.9. The molecule has 1 aromatic rings. The molecule has 1 aliphatic rings. The second kappa shape index (κ2) is 6.92. The molecular weight excluding hydrogens is 318 g/mol. The zero-order valence-corrected chi connectivity index (χ0v) is 12.7. The van der Waals surface area contributed by atoms with Crippen LogP contribution in [0.5, 0.6) is 0 Å². The van der Waals surface area contributed by atoms with Gasteiger partial charge < -0.3 is 20.8 Å². The van der Waals surface area contributed by atoms with Crippen LogP contribution in [-0.4, -0.2) is 52.0 Å². The molecule has 2 rings (SSSR count). The predicted octanol–water partition coefficient (Wildman–Crippen LogP) is 0.0001000. The number of imide groups is 1. The summed E-state index contributed by atoms with van der Waals surface area (Å²) in [6.07, 6.45) is 1.03. The van der Waals surface area contributed by atoms with Gasteiger partial charge in [0.05, 0.1) is 24.4 Å². The summed E-state index contributed by atoms with van der Waals surface area (Å²) in [5.74, 6) is -2.88. The smallest absolute Gasteiger partial charge is 0.337 e. The molecule has 0 unspecified atom stereocenters. The maximum absolute atomic E-state index is 12.1. The molecule has 126 valence electrons. The minimum Gasteiger partial charge on any atom is -0.478 e. The molecule has 9 heteroatoms. The number of nitrogens with zero attached hydrogens (tertiary/aromatic N) is 1. The maximum atomic E-state index is 12.1. The maximum Gasteiger partial charge on any atom is 0.337 e. The molecule has 9 nitrogen and oxygen atoms in total.